The minimum atomic E-state index is -1.01. The number of aryl methyl sites for hydroxylation is 1. The molecule has 17 heavy (non-hydrogen) atoms. The highest BCUT2D eigenvalue weighted by Gasteiger charge is 2.25. The molecule has 1 fully saturated rings. The first-order chi connectivity index (χ1) is 8.08. The van der Waals surface area contributed by atoms with Crippen LogP contribution in [0.2, 0.25) is 0 Å². The van der Waals surface area contributed by atoms with Gasteiger partial charge in [0.15, 0.2) is 0 Å². The lowest BCUT2D eigenvalue weighted by molar-refractivity contribution is 0.0475. The predicted molar refractivity (Wildman–Crippen MR) is 58.2 cm³/mol. The highest BCUT2D eigenvalue weighted by atomic mass is 16.6. The molecule has 1 heterocycles. The fraction of sp³-hybridized carbons (Fsp3) is 0.333. The molecule has 0 saturated carbocycles. The van der Waals surface area contributed by atoms with Gasteiger partial charge in [-0.15, -0.1) is 0 Å². The van der Waals surface area contributed by atoms with Gasteiger partial charge in [-0.3, -0.25) is 0 Å². The van der Waals surface area contributed by atoms with Gasteiger partial charge in [0.05, 0.1) is 17.7 Å². The standard InChI is InChI=1S/C12H12O5/c1-7-4-8(11(13)14)2-3-10(7)12(15)17-6-9-5-16-9/h2-4,9H,5-6H2,1H3,(H,13,14). The first kappa shape index (κ1) is 11.6. The summed E-state index contributed by atoms with van der Waals surface area (Å²) in [7, 11) is 0. The van der Waals surface area contributed by atoms with Crippen molar-refractivity contribution in [2.45, 2.75) is 13.0 Å². The lowest BCUT2D eigenvalue weighted by Crippen LogP contribution is -2.12. The van der Waals surface area contributed by atoms with Crippen molar-refractivity contribution in [3.63, 3.8) is 0 Å². The summed E-state index contributed by atoms with van der Waals surface area (Å²) in [6.07, 6.45) is 0.0255. The van der Waals surface area contributed by atoms with Gasteiger partial charge in [-0.2, -0.15) is 0 Å². The molecular weight excluding hydrogens is 224 g/mol. The first-order valence-corrected chi connectivity index (χ1v) is 5.20. The van der Waals surface area contributed by atoms with Crippen LogP contribution in [0, 0.1) is 6.92 Å². The number of esters is 1. The maximum atomic E-state index is 11.7. The van der Waals surface area contributed by atoms with Gasteiger partial charge >= 0.3 is 11.9 Å². The van der Waals surface area contributed by atoms with Crippen LogP contribution in [0.15, 0.2) is 18.2 Å². The summed E-state index contributed by atoms with van der Waals surface area (Å²) >= 11 is 0. The second-order valence-corrected chi connectivity index (χ2v) is 3.89. The van der Waals surface area contributed by atoms with E-state index in [4.69, 9.17) is 14.6 Å². The molecule has 1 aliphatic heterocycles. The molecule has 1 unspecified atom stereocenters. The van der Waals surface area contributed by atoms with Crippen LogP contribution in [-0.4, -0.2) is 36.4 Å². The van der Waals surface area contributed by atoms with Gasteiger partial charge in [0.1, 0.15) is 12.7 Å². The Morgan fingerprint density at radius 3 is 2.76 bits per heavy atom. The quantitative estimate of drug-likeness (QED) is 0.629. The summed E-state index contributed by atoms with van der Waals surface area (Å²) in [6, 6.07) is 4.31. The number of carboxylic acid groups (broad SMARTS) is 1. The molecule has 0 spiro atoms. The van der Waals surface area contributed by atoms with E-state index in [0.29, 0.717) is 17.7 Å². The van der Waals surface area contributed by atoms with E-state index in [2.05, 4.69) is 0 Å². The molecule has 5 nitrogen and oxygen atoms in total. The number of benzene rings is 1. The van der Waals surface area contributed by atoms with E-state index < -0.39 is 11.9 Å². The van der Waals surface area contributed by atoms with Crippen molar-refractivity contribution in [2.75, 3.05) is 13.2 Å². The van der Waals surface area contributed by atoms with Crippen LogP contribution in [0.3, 0.4) is 0 Å². The zero-order chi connectivity index (χ0) is 12.4. The van der Waals surface area contributed by atoms with Crippen molar-refractivity contribution in [3.05, 3.63) is 34.9 Å². The van der Waals surface area contributed by atoms with E-state index in [1.54, 1.807) is 6.92 Å². The third kappa shape index (κ3) is 2.82. The molecule has 1 N–H and O–H groups in total. The summed E-state index contributed by atoms with van der Waals surface area (Å²) in [6.45, 7) is 2.56. The van der Waals surface area contributed by atoms with Gasteiger partial charge in [0, 0.05) is 0 Å². The molecule has 1 atom stereocenters. The third-order valence-corrected chi connectivity index (χ3v) is 2.50. The smallest absolute Gasteiger partial charge is 0.338 e. The minimum absolute atomic E-state index is 0.0255. The Morgan fingerprint density at radius 1 is 1.53 bits per heavy atom. The maximum Gasteiger partial charge on any atom is 0.338 e. The topological polar surface area (TPSA) is 76.1 Å². The highest BCUT2D eigenvalue weighted by Crippen LogP contribution is 2.14. The Bertz CT molecular complexity index is 462. The van der Waals surface area contributed by atoms with Crippen LogP contribution in [0.4, 0.5) is 0 Å². The Balaban J connectivity index is 2.08. The summed E-state index contributed by atoms with van der Waals surface area (Å²) in [5.74, 6) is -1.46. The van der Waals surface area contributed by atoms with Crippen LogP contribution in [0.25, 0.3) is 0 Å². The fourth-order valence-electron chi connectivity index (χ4n) is 1.44. The van der Waals surface area contributed by atoms with Crippen LogP contribution >= 0.6 is 0 Å². The average Bonchev–Trinajstić information content (AvgIpc) is 3.09. The van der Waals surface area contributed by atoms with E-state index in [1.807, 2.05) is 0 Å². The van der Waals surface area contributed by atoms with Gasteiger partial charge < -0.3 is 14.6 Å². The average molecular weight is 236 g/mol. The molecule has 1 aromatic carbocycles. The largest absolute Gasteiger partial charge is 0.478 e. The molecule has 0 aromatic heterocycles. The number of rotatable bonds is 4. The molecule has 1 aliphatic rings. The van der Waals surface area contributed by atoms with Gasteiger partial charge in [0.2, 0.25) is 0 Å². The third-order valence-electron chi connectivity index (χ3n) is 2.50. The molecule has 5 heteroatoms. The normalized spacial score (nSPS) is 17.6. The molecule has 0 bridgehead atoms. The molecule has 0 amide bonds. The number of hydrogen-bond acceptors (Lipinski definition) is 4. The van der Waals surface area contributed by atoms with Crippen molar-refractivity contribution in [1.82, 2.24) is 0 Å². The Hall–Kier alpha value is -1.88. The summed E-state index contributed by atoms with van der Waals surface area (Å²) in [4.78, 5) is 22.4. The van der Waals surface area contributed by atoms with Crippen LogP contribution < -0.4 is 0 Å². The Kier molecular flexibility index (Phi) is 3.10. The van der Waals surface area contributed by atoms with Crippen molar-refractivity contribution in [2.24, 2.45) is 0 Å². The Labute approximate surface area is 98.0 Å². The molecular formula is C12H12O5. The number of hydrogen-bond donors (Lipinski definition) is 1. The monoisotopic (exact) mass is 236 g/mol. The maximum absolute atomic E-state index is 11.7. The summed E-state index contributed by atoms with van der Waals surface area (Å²) < 4.78 is 9.94. The molecule has 90 valence electrons. The van der Waals surface area contributed by atoms with Gasteiger partial charge in [-0.05, 0) is 30.7 Å². The minimum Gasteiger partial charge on any atom is -0.478 e. The van der Waals surface area contributed by atoms with Crippen molar-refractivity contribution in [3.8, 4) is 0 Å². The second-order valence-electron chi connectivity index (χ2n) is 3.89. The van der Waals surface area contributed by atoms with Crippen LogP contribution in [-0.2, 0) is 9.47 Å². The number of ether oxygens (including phenoxy) is 2. The number of carbonyl (C=O) groups is 2. The molecule has 0 aliphatic carbocycles. The SMILES string of the molecule is Cc1cc(C(=O)O)ccc1C(=O)OCC1CO1. The zero-order valence-corrected chi connectivity index (χ0v) is 9.30. The van der Waals surface area contributed by atoms with E-state index in [9.17, 15) is 9.59 Å². The number of aromatic carboxylic acids is 1. The van der Waals surface area contributed by atoms with Crippen molar-refractivity contribution < 1.29 is 24.2 Å². The van der Waals surface area contributed by atoms with Crippen molar-refractivity contribution >= 4 is 11.9 Å². The lowest BCUT2D eigenvalue weighted by atomic mass is 10.1. The van der Waals surface area contributed by atoms with Crippen molar-refractivity contribution in [1.29, 1.82) is 0 Å². The van der Waals surface area contributed by atoms with E-state index in [1.165, 1.54) is 18.2 Å². The van der Waals surface area contributed by atoms with Gasteiger partial charge in [0.25, 0.3) is 0 Å². The lowest BCUT2D eigenvalue weighted by Gasteiger charge is -2.06. The summed E-state index contributed by atoms with van der Waals surface area (Å²) in [5.41, 5.74) is 1.13. The van der Waals surface area contributed by atoms with Gasteiger partial charge in [-0.25, -0.2) is 9.59 Å². The second kappa shape index (κ2) is 4.55. The molecule has 0 radical (unpaired) electrons. The highest BCUT2D eigenvalue weighted by molar-refractivity contribution is 5.94. The first-order valence-electron chi connectivity index (χ1n) is 5.20. The Morgan fingerprint density at radius 2 is 2.24 bits per heavy atom. The number of carboxylic acids is 1. The van der Waals surface area contributed by atoms with E-state index in [0.717, 1.165) is 0 Å². The number of epoxide rings is 1. The molecule has 2 rings (SSSR count). The molecule has 1 saturated heterocycles. The van der Waals surface area contributed by atoms with Crippen LogP contribution in [0.1, 0.15) is 26.3 Å². The number of carbonyl (C=O) groups excluding carboxylic acids is 1. The zero-order valence-electron chi connectivity index (χ0n) is 9.30. The predicted octanol–water partition coefficient (Wildman–Crippen LogP) is 1.25. The van der Waals surface area contributed by atoms with Gasteiger partial charge in [-0.1, -0.05) is 0 Å². The fourth-order valence-corrected chi connectivity index (χ4v) is 1.44. The summed E-state index contributed by atoms with van der Waals surface area (Å²) in [5, 5.41) is 8.79. The van der Waals surface area contributed by atoms with E-state index >= 15 is 0 Å². The van der Waals surface area contributed by atoms with E-state index in [-0.39, 0.29) is 18.3 Å². The molecule has 1 aromatic rings. The van der Waals surface area contributed by atoms with Crippen LogP contribution in [0.5, 0.6) is 0 Å².